The Hall–Kier alpha value is -2.90. The number of carbonyl (C=O) groups is 2. The normalized spacial score (nSPS) is 11.4. The van der Waals surface area contributed by atoms with Gasteiger partial charge in [-0.3, -0.25) is 0 Å². The van der Waals surface area contributed by atoms with E-state index < -0.39 is 17.8 Å². The number of methoxy groups -OCH3 is 2. The van der Waals surface area contributed by atoms with Crippen LogP contribution in [0.2, 0.25) is 0 Å². The van der Waals surface area contributed by atoms with Gasteiger partial charge < -0.3 is 19.3 Å². The second-order valence-electron chi connectivity index (χ2n) is 4.29. The first-order valence-electron chi connectivity index (χ1n) is 6.16. The highest BCUT2D eigenvalue weighted by molar-refractivity contribution is 5.99. The molecule has 0 aliphatic rings. The van der Waals surface area contributed by atoms with Gasteiger partial charge in [0.15, 0.2) is 5.58 Å². The van der Waals surface area contributed by atoms with Gasteiger partial charge in [0.05, 0.1) is 31.7 Å². The van der Waals surface area contributed by atoms with Crippen LogP contribution in [0.4, 0.5) is 10.1 Å². The fourth-order valence-electron chi connectivity index (χ4n) is 1.75. The van der Waals surface area contributed by atoms with Gasteiger partial charge in [-0.05, 0) is 13.0 Å². The largest absolute Gasteiger partial charge is 0.466 e. The number of rotatable bonds is 4. The van der Waals surface area contributed by atoms with Crippen molar-refractivity contribution in [2.75, 3.05) is 19.5 Å². The van der Waals surface area contributed by atoms with Crippen LogP contribution in [0.1, 0.15) is 5.69 Å². The van der Waals surface area contributed by atoms with Gasteiger partial charge in [0.25, 0.3) is 0 Å². The van der Waals surface area contributed by atoms with Gasteiger partial charge in [0.2, 0.25) is 0 Å². The highest BCUT2D eigenvalue weighted by atomic mass is 19.1. The fourth-order valence-corrected chi connectivity index (χ4v) is 1.75. The summed E-state index contributed by atoms with van der Waals surface area (Å²) < 4.78 is 27.9. The number of nitrogens with zero attached hydrogens (tertiary/aromatic N) is 1. The molecule has 1 aromatic carbocycles. The van der Waals surface area contributed by atoms with Gasteiger partial charge in [-0.2, -0.15) is 0 Å². The van der Waals surface area contributed by atoms with Crippen molar-refractivity contribution >= 4 is 28.6 Å². The molecule has 0 unspecified atom stereocenters. The summed E-state index contributed by atoms with van der Waals surface area (Å²) in [5.41, 5.74) is 0.549. The van der Waals surface area contributed by atoms with E-state index in [-0.39, 0.29) is 17.0 Å². The molecule has 0 fully saturated rings. The highest BCUT2D eigenvalue weighted by Crippen LogP contribution is 2.26. The number of halogens is 1. The van der Waals surface area contributed by atoms with Gasteiger partial charge in [-0.15, -0.1) is 0 Å². The number of anilines is 1. The van der Waals surface area contributed by atoms with Crippen LogP contribution in [-0.2, 0) is 19.1 Å². The molecule has 2 aromatic rings. The number of nitrogens with one attached hydrogen (secondary N) is 1. The topological polar surface area (TPSA) is 90.7 Å². The van der Waals surface area contributed by atoms with Crippen LogP contribution in [0.25, 0.3) is 11.0 Å². The lowest BCUT2D eigenvalue weighted by atomic mass is 10.2. The van der Waals surface area contributed by atoms with Crippen molar-refractivity contribution in [1.29, 1.82) is 0 Å². The van der Waals surface area contributed by atoms with Gasteiger partial charge in [-0.25, -0.2) is 14.0 Å². The number of aryl methyl sites for hydroxylation is 1. The maximum Gasteiger partial charge on any atom is 0.354 e. The summed E-state index contributed by atoms with van der Waals surface area (Å²) in [6.45, 7) is 1.69. The molecule has 1 aromatic heterocycles. The quantitative estimate of drug-likeness (QED) is 0.681. The Morgan fingerprint density at radius 1 is 1.32 bits per heavy atom. The first-order chi connectivity index (χ1) is 10.5. The van der Waals surface area contributed by atoms with E-state index in [1.54, 1.807) is 6.92 Å². The molecule has 1 heterocycles. The van der Waals surface area contributed by atoms with Crippen LogP contribution in [0.3, 0.4) is 0 Å². The van der Waals surface area contributed by atoms with E-state index in [2.05, 4.69) is 19.9 Å². The average molecular weight is 308 g/mol. The van der Waals surface area contributed by atoms with Gasteiger partial charge >= 0.3 is 11.9 Å². The van der Waals surface area contributed by atoms with Crippen molar-refractivity contribution in [3.05, 3.63) is 35.4 Å². The molecule has 116 valence electrons. The molecule has 0 amide bonds. The zero-order valence-electron chi connectivity index (χ0n) is 12.1. The molecule has 0 spiro atoms. The van der Waals surface area contributed by atoms with E-state index in [4.69, 9.17) is 4.52 Å². The highest BCUT2D eigenvalue weighted by Gasteiger charge is 2.17. The molecule has 0 saturated heterocycles. The summed E-state index contributed by atoms with van der Waals surface area (Å²) in [5.74, 6) is -2.30. The number of carbonyl (C=O) groups excluding carboxylic acids is 2. The fraction of sp³-hybridized carbons (Fsp3) is 0.214. The third-order valence-electron chi connectivity index (χ3n) is 2.88. The number of fused-ring (bicyclic) bond motifs is 1. The summed E-state index contributed by atoms with van der Waals surface area (Å²) in [4.78, 5) is 22.9. The smallest absolute Gasteiger partial charge is 0.354 e. The first-order valence-corrected chi connectivity index (χ1v) is 6.16. The molecule has 0 saturated carbocycles. The van der Waals surface area contributed by atoms with Crippen LogP contribution in [0.15, 0.2) is 28.4 Å². The van der Waals surface area contributed by atoms with E-state index in [1.165, 1.54) is 6.07 Å². The summed E-state index contributed by atoms with van der Waals surface area (Å²) >= 11 is 0. The van der Waals surface area contributed by atoms with E-state index >= 15 is 0 Å². The van der Waals surface area contributed by atoms with Crippen molar-refractivity contribution in [3.8, 4) is 0 Å². The minimum Gasteiger partial charge on any atom is -0.466 e. The standard InChI is InChI=1S/C14H13FN2O5/c1-7-8-4-10(9(15)5-12(8)22-17-7)16-11(14(19)21-3)6-13(18)20-2/h4-6,16H,1-3H3/b11-6+. The molecule has 2 rings (SSSR count). The molecule has 0 atom stereocenters. The number of esters is 2. The van der Waals surface area contributed by atoms with Crippen molar-refractivity contribution in [1.82, 2.24) is 5.16 Å². The summed E-state index contributed by atoms with van der Waals surface area (Å²) in [6, 6.07) is 2.55. The zero-order valence-corrected chi connectivity index (χ0v) is 12.1. The van der Waals surface area contributed by atoms with Crippen LogP contribution in [-0.4, -0.2) is 31.3 Å². The molecular formula is C14H13FN2O5. The predicted molar refractivity (Wildman–Crippen MR) is 74.4 cm³/mol. The van der Waals surface area contributed by atoms with Crippen molar-refractivity contribution in [2.45, 2.75) is 6.92 Å². The Balaban J connectivity index is 2.43. The molecule has 0 aliphatic heterocycles. The Labute approximate surface area is 124 Å². The number of benzene rings is 1. The summed E-state index contributed by atoms with van der Waals surface area (Å²) in [7, 11) is 2.29. The Bertz CT molecular complexity index is 766. The molecule has 0 bridgehead atoms. The first kappa shape index (κ1) is 15.5. The minimum absolute atomic E-state index is 0.0284. The van der Waals surface area contributed by atoms with Crippen molar-refractivity contribution in [2.24, 2.45) is 0 Å². The number of hydrogen-bond donors (Lipinski definition) is 1. The average Bonchev–Trinajstić information content (AvgIpc) is 2.86. The number of aromatic nitrogens is 1. The van der Waals surface area contributed by atoms with Gasteiger partial charge in [0, 0.05) is 11.5 Å². The maximum absolute atomic E-state index is 14.0. The van der Waals surface area contributed by atoms with Crippen LogP contribution < -0.4 is 5.32 Å². The molecule has 0 radical (unpaired) electrons. The maximum atomic E-state index is 14.0. The third kappa shape index (κ3) is 3.05. The number of ether oxygens (including phenoxy) is 2. The Kier molecular flexibility index (Phi) is 4.40. The van der Waals surface area contributed by atoms with Crippen LogP contribution >= 0.6 is 0 Å². The van der Waals surface area contributed by atoms with Crippen LogP contribution in [0, 0.1) is 12.7 Å². The molecule has 8 heteroatoms. The lowest BCUT2D eigenvalue weighted by Gasteiger charge is -2.10. The number of hydrogen-bond acceptors (Lipinski definition) is 7. The lowest BCUT2D eigenvalue weighted by molar-refractivity contribution is -0.138. The van der Waals surface area contributed by atoms with Crippen LogP contribution in [0.5, 0.6) is 0 Å². The molecule has 7 nitrogen and oxygen atoms in total. The SMILES string of the molecule is COC(=O)/C=C(/Nc1cc2c(C)noc2cc1F)C(=O)OC. The monoisotopic (exact) mass is 308 g/mol. The zero-order chi connectivity index (χ0) is 16.3. The van der Waals surface area contributed by atoms with E-state index in [9.17, 15) is 14.0 Å². The Morgan fingerprint density at radius 2 is 2.05 bits per heavy atom. The van der Waals surface area contributed by atoms with Crippen molar-refractivity contribution in [3.63, 3.8) is 0 Å². The van der Waals surface area contributed by atoms with E-state index in [0.29, 0.717) is 11.1 Å². The molecular weight excluding hydrogens is 295 g/mol. The summed E-state index contributed by atoms with van der Waals surface area (Å²) in [6.07, 6.45) is 0.871. The van der Waals surface area contributed by atoms with Gasteiger partial charge in [-0.1, -0.05) is 5.16 Å². The predicted octanol–water partition coefficient (Wildman–Crippen LogP) is 1.92. The molecule has 1 N–H and O–H groups in total. The minimum atomic E-state index is -0.841. The lowest BCUT2D eigenvalue weighted by Crippen LogP contribution is -2.16. The van der Waals surface area contributed by atoms with Crippen molar-refractivity contribution < 1.29 is 28.0 Å². The molecule has 0 aliphatic carbocycles. The second kappa shape index (κ2) is 6.25. The van der Waals surface area contributed by atoms with E-state index in [0.717, 1.165) is 26.4 Å². The summed E-state index contributed by atoms with van der Waals surface area (Å²) in [5, 5.41) is 6.81. The van der Waals surface area contributed by atoms with Gasteiger partial charge in [0.1, 0.15) is 11.5 Å². The Morgan fingerprint density at radius 3 is 2.68 bits per heavy atom. The third-order valence-corrected chi connectivity index (χ3v) is 2.88. The van der Waals surface area contributed by atoms with E-state index in [1.807, 2.05) is 0 Å². The second-order valence-corrected chi connectivity index (χ2v) is 4.29. The molecule has 22 heavy (non-hydrogen) atoms.